The summed E-state index contributed by atoms with van der Waals surface area (Å²) in [6.07, 6.45) is 1.49. The number of benzene rings is 8. The Bertz CT molecular complexity index is 3390. The van der Waals surface area contributed by atoms with Crippen molar-refractivity contribution in [3.63, 3.8) is 0 Å². The summed E-state index contributed by atoms with van der Waals surface area (Å²) in [7, 11) is 0. The van der Waals surface area contributed by atoms with Crippen LogP contribution in [0.5, 0.6) is 11.5 Å². The highest BCUT2D eigenvalue weighted by atomic mass is 16.5. The molecule has 0 saturated carbocycles. The molecule has 1 aliphatic rings. The van der Waals surface area contributed by atoms with Crippen molar-refractivity contribution in [2.75, 3.05) is 16.5 Å². The van der Waals surface area contributed by atoms with Gasteiger partial charge in [-0.05, 0) is 76.9 Å². The van der Waals surface area contributed by atoms with E-state index in [-0.39, 0.29) is 11.1 Å². The Hall–Kier alpha value is -7.89. The average Bonchev–Trinajstić information content (AvgIpc) is 3.90. The number of fused-ring (bicyclic) bond motifs is 4. The lowest BCUT2D eigenvalue weighted by Crippen LogP contribution is -2.24. The maximum Gasteiger partial charge on any atom is 0.137 e. The lowest BCUT2D eigenvalue weighted by atomic mass is 9.78. The van der Waals surface area contributed by atoms with E-state index in [1.165, 1.54) is 12.3 Å². The number of hydrogen-bond acceptors (Lipinski definition) is 4. The van der Waals surface area contributed by atoms with Gasteiger partial charge in [0.1, 0.15) is 24.0 Å². The molecule has 10 aromatic rings. The van der Waals surface area contributed by atoms with E-state index in [2.05, 4.69) is 113 Å². The van der Waals surface area contributed by atoms with Gasteiger partial charge in [0.05, 0.1) is 28.1 Å². The average molecular weight is 807 g/mol. The van der Waals surface area contributed by atoms with E-state index >= 15 is 0 Å². The van der Waals surface area contributed by atoms with Crippen molar-refractivity contribution in [1.29, 1.82) is 0 Å². The summed E-state index contributed by atoms with van der Waals surface area (Å²) in [5.74, 6) is 1.59. The molecule has 0 amide bonds. The van der Waals surface area contributed by atoms with Crippen LogP contribution < -0.4 is 14.5 Å². The van der Waals surface area contributed by atoms with Crippen molar-refractivity contribution in [3.8, 4) is 39.6 Å². The maximum atomic E-state index is 8.77. The molecule has 0 atom stereocenters. The fraction of sp³-hybridized carbons (Fsp3) is 0.0702. The number of aromatic nitrogens is 2. The van der Waals surface area contributed by atoms with Gasteiger partial charge in [-0.15, -0.1) is 0 Å². The van der Waals surface area contributed by atoms with Crippen LogP contribution in [0.15, 0.2) is 219 Å². The molecule has 62 heavy (non-hydrogen) atoms. The second-order valence-electron chi connectivity index (χ2n) is 15.6. The minimum absolute atomic E-state index is 0.116. The minimum Gasteiger partial charge on any atom is -0.457 e. The van der Waals surface area contributed by atoms with Crippen LogP contribution in [0.25, 0.3) is 49.9 Å². The molecule has 0 saturated heterocycles. The van der Waals surface area contributed by atoms with Crippen molar-refractivity contribution in [2.24, 2.45) is 0 Å². The van der Waals surface area contributed by atoms with Gasteiger partial charge in [-0.2, -0.15) is 0 Å². The van der Waals surface area contributed by atoms with Crippen LogP contribution in [0, 0.1) is 0 Å². The predicted molar refractivity (Wildman–Crippen MR) is 257 cm³/mol. The molecule has 0 radical (unpaired) electrons. The molecule has 0 fully saturated rings. The van der Waals surface area contributed by atoms with Gasteiger partial charge in [-0.3, -0.25) is 4.57 Å². The van der Waals surface area contributed by atoms with E-state index in [0.717, 1.165) is 66.8 Å². The molecule has 0 bridgehead atoms. The lowest BCUT2D eigenvalue weighted by molar-refractivity contribution is 0.483. The number of ether oxygens (including phenoxy) is 1. The molecule has 5 heteroatoms. The van der Waals surface area contributed by atoms with Crippen LogP contribution >= 0.6 is 0 Å². The molecule has 5 nitrogen and oxygen atoms in total. The molecule has 0 unspecified atom stereocenters. The Kier molecular flexibility index (Phi) is 7.66. The first-order valence-electron chi connectivity index (χ1n) is 23.7. The van der Waals surface area contributed by atoms with Crippen LogP contribution in [0.2, 0.25) is 0 Å². The van der Waals surface area contributed by atoms with Crippen molar-refractivity contribution >= 4 is 44.6 Å². The van der Waals surface area contributed by atoms with Crippen LogP contribution in [-0.4, -0.2) is 16.2 Å². The molecule has 11 rings (SSSR count). The molecule has 8 aromatic carbocycles. The zero-order valence-corrected chi connectivity index (χ0v) is 33.7. The summed E-state index contributed by atoms with van der Waals surface area (Å²) >= 11 is 0. The topological polar surface area (TPSA) is 33.5 Å². The van der Waals surface area contributed by atoms with Crippen molar-refractivity contribution in [2.45, 2.75) is 19.1 Å². The van der Waals surface area contributed by atoms with E-state index in [4.69, 9.17) is 17.9 Å². The first kappa shape index (κ1) is 31.1. The molecule has 298 valence electrons. The highest BCUT2D eigenvalue weighted by Crippen LogP contribution is 2.50. The summed E-state index contributed by atoms with van der Waals surface area (Å²) in [6, 6.07) is 69.3. The van der Waals surface area contributed by atoms with E-state index in [1.807, 2.05) is 71.3 Å². The fourth-order valence-electron chi connectivity index (χ4n) is 8.90. The molecular weight excluding hydrogens is 757 g/mol. The molecule has 3 heterocycles. The SMILES string of the molecule is [2H]C([2H])([2H])C(c1ccccc1)(c1ccnc(-n2c3ccccc3c3ccc(Oc4cccc(N5CN(c6c(-c7ccccc7)cccc6-c6ccccc6)c6ccccc65)c4)cc32)c1)C([2H])([2H])[2H]. The molecule has 0 aliphatic carbocycles. The number of para-hydroxylation sites is 4. The molecule has 0 N–H and O–H groups in total. The predicted octanol–water partition coefficient (Wildman–Crippen LogP) is 14.9. The van der Waals surface area contributed by atoms with Crippen LogP contribution in [0.1, 0.15) is 33.1 Å². The number of anilines is 4. The number of nitrogens with zero attached hydrogens (tertiary/aromatic N) is 4. The summed E-state index contributed by atoms with van der Waals surface area (Å²) in [6.45, 7) is -5.33. The highest BCUT2D eigenvalue weighted by Gasteiger charge is 2.31. The minimum atomic E-state index is -2.94. The summed E-state index contributed by atoms with van der Waals surface area (Å²) < 4.78 is 61.3. The number of hydrogen-bond donors (Lipinski definition) is 0. The quantitative estimate of drug-likeness (QED) is 0.145. The zero-order chi connectivity index (χ0) is 46.6. The summed E-state index contributed by atoms with van der Waals surface area (Å²) in [5.41, 5.74) is 8.33. The van der Waals surface area contributed by atoms with Gasteiger partial charge in [-0.1, -0.05) is 159 Å². The van der Waals surface area contributed by atoms with Gasteiger partial charge in [0.15, 0.2) is 0 Å². The molecule has 2 aromatic heterocycles. The third kappa shape index (κ3) is 6.46. The maximum absolute atomic E-state index is 8.77. The van der Waals surface area contributed by atoms with Gasteiger partial charge < -0.3 is 14.5 Å². The first-order chi connectivity index (χ1) is 33.0. The summed E-state index contributed by atoms with van der Waals surface area (Å²) in [5, 5.41) is 1.88. The molecule has 0 spiro atoms. The van der Waals surface area contributed by atoms with Gasteiger partial charge in [-0.25, -0.2) is 4.98 Å². The highest BCUT2D eigenvalue weighted by molar-refractivity contribution is 6.09. The van der Waals surface area contributed by atoms with Gasteiger partial charge in [0.2, 0.25) is 0 Å². The second-order valence-corrected chi connectivity index (χ2v) is 15.6. The van der Waals surface area contributed by atoms with Gasteiger partial charge in [0, 0.05) is 59.6 Å². The van der Waals surface area contributed by atoms with Crippen molar-refractivity contribution in [3.05, 3.63) is 230 Å². The normalized spacial score (nSPS) is 14.4. The second kappa shape index (κ2) is 15.3. The third-order valence-corrected chi connectivity index (χ3v) is 11.8. The van der Waals surface area contributed by atoms with Crippen LogP contribution in [0.4, 0.5) is 22.7 Å². The van der Waals surface area contributed by atoms with Crippen molar-refractivity contribution in [1.82, 2.24) is 9.55 Å². The number of rotatable bonds is 9. The first-order valence-corrected chi connectivity index (χ1v) is 20.7. The van der Waals surface area contributed by atoms with E-state index in [0.29, 0.717) is 24.0 Å². The van der Waals surface area contributed by atoms with Gasteiger partial charge in [0.25, 0.3) is 0 Å². The van der Waals surface area contributed by atoms with E-state index in [1.54, 1.807) is 36.4 Å². The molecule has 1 aliphatic heterocycles. The largest absolute Gasteiger partial charge is 0.457 e. The fourth-order valence-corrected chi connectivity index (χ4v) is 8.90. The zero-order valence-electron chi connectivity index (χ0n) is 39.7. The van der Waals surface area contributed by atoms with E-state index < -0.39 is 19.1 Å². The smallest absolute Gasteiger partial charge is 0.137 e. The summed E-state index contributed by atoms with van der Waals surface area (Å²) in [4.78, 5) is 9.48. The van der Waals surface area contributed by atoms with Crippen LogP contribution in [0.3, 0.4) is 0 Å². The Labute approximate surface area is 370 Å². The Morgan fingerprint density at radius 2 is 1.11 bits per heavy atom. The Morgan fingerprint density at radius 3 is 1.84 bits per heavy atom. The molecular formula is C57H44N4O. The Morgan fingerprint density at radius 1 is 0.500 bits per heavy atom. The number of pyridine rings is 1. The standard InChI is InChI=1S/C57H44N4O/c1-57(2,42-22-10-5-11-23-42)43-34-35-58-55(36-43)61-51-29-13-12-26-49(51)50-33-32-46(38-54(50)61)62-45-25-16-24-44(37-45)59-39-60(53-31-15-14-30-52(53)59)56-47(40-18-6-3-7-19-40)27-17-28-48(56)41-20-8-4-9-21-41/h3-38H,39H2,1-2H3/i1D3,2D3. The van der Waals surface area contributed by atoms with Crippen LogP contribution in [-0.2, 0) is 5.41 Å². The van der Waals surface area contributed by atoms with Gasteiger partial charge >= 0.3 is 0 Å². The van der Waals surface area contributed by atoms with E-state index in [9.17, 15) is 0 Å². The monoisotopic (exact) mass is 806 g/mol. The third-order valence-electron chi connectivity index (χ3n) is 11.8. The Balaban J connectivity index is 0.981. The van der Waals surface area contributed by atoms with Crippen molar-refractivity contribution < 1.29 is 13.0 Å². The lowest BCUT2D eigenvalue weighted by Gasteiger charge is -2.27.